The normalized spacial score (nSPS) is 9.79. The number of hydrogen-bond acceptors (Lipinski definition) is 5. The summed E-state index contributed by atoms with van der Waals surface area (Å²) < 4.78 is 5.02. The van der Waals surface area contributed by atoms with Gasteiger partial charge in [0.05, 0.1) is 18.1 Å². The number of nitrogens with zero attached hydrogens (tertiary/aromatic N) is 2. The fraction of sp³-hybridized carbons (Fsp3) is 0.167. The van der Waals surface area contributed by atoms with E-state index in [1.54, 1.807) is 24.3 Å². The molecule has 24 heavy (non-hydrogen) atoms. The third-order valence-electron chi connectivity index (χ3n) is 3.25. The fourth-order valence-corrected chi connectivity index (χ4v) is 2.05. The highest BCUT2D eigenvalue weighted by molar-refractivity contribution is 5.97. The summed E-state index contributed by atoms with van der Waals surface area (Å²) in [4.78, 5) is 25.7. The standard InChI is InChI=1S/C18H16N2O4/c19-11-4-12-20(15-5-2-1-3-6-15)17(22)13-24-18(23)14-7-9-16(21)10-8-14/h1-3,5-10,21H,4,12-13H2. The molecule has 0 aliphatic heterocycles. The van der Waals surface area contributed by atoms with E-state index in [4.69, 9.17) is 10.00 Å². The molecule has 0 saturated heterocycles. The van der Waals surface area contributed by atoms with Crippen LogP contribution in [0, 0.1) is 11.3 Å². The quantitative estimate of drug-likeness (QED) is 0.824. The second kappa shape index (κ2) is 8.34. The van der Waals surface area contributed by atoms with E-state index in [0.29, 0.717) is 5.69 Å². The van der Waals surface area contributed by atoms with Crippen LogP contribution in [0.15, 0.2) is 54.6 Å². The molecule has 0 bridgehead atoms. The Morgan fingerprint density at radius 2 is 1.75 bits per heavy atom. The van der Waals surface area contributed by atoms with Crippen molar-refractivity contribution in [2.24, 2.45) is 0 Å². The Hall–Kier alpha value is -3.33. The van der Waals surface area contributed by atoms with Crippen LogP contribution in [0.3, 0.4) is 0 Å². The van der Waals surface area contributed by atoms with Crippen LogP contribution < -0.4 is 4.90 Å². The van der Waals surface area contributed by atoms with E-state index in [9.17, 15) is 14.7 Å². The van der Waals surface area contributed by atoms with Crippen LogP contribution in [-0.2, 0) is 9.53 Å². The van der Waals surface area contributed by atoms with Gasteiger partial charge in [-0.05, 0) is 36.4 Å². The number of anilines is 1. The first-order valence-electron chi connectivity index (χ1n) is 7.30. The molecule has 0 heterocycles. The lowest BCUT2D eigenvalue weighted by atomic mass is 10.2. The number of hydrogen-bond donors (Lipinski definition) is 1. The van der Waals surface area contributed by atoms with Crippen LogP contribution >= 0.6 is 0 Å². The molecule has 6 heteroatoms. The van der Waals surface area contributed by atoms with Gasteiger partial charge >= 0.3 is 5.97 Å². The molecule has 2 rings (SSSR count). The lowest BCUT2D eigenvalue weighted by Crippen LogP contribution is -2.35. The Bertz CT molecular complexity index is 736. The molecule has 0 aliphatic rings. The van der Waals surface area contributed by atoms with Crippen LogP contribution in [0.1, 0.15) is 16.8 Å². The molecule has 0 spiro atoms. The van der Waals surface area contributed by atoms with Gasteiger partial charge in [0.25, 0.3) is 5.91 Å². The van der Waals surface area contributed by atoms with Crippen LogP contribution in [0.4, 0.5) is 5.69 Å². The maximum atomic E-state index is 12.3. The van der Waals surface area contributed by atoms with Crippen molar-refractivity contribution in [3.63, 3.8) is 0 Å². The van der Waals surface area contributed by atoms with Crippen molar-refractivity contribution in [2.45, 2.75) is 6.42 Å². The first-order chi connectivity index (χ1) is 11.6. The van der Waals surface area contributed by atoms with E-state index in [-0.39, 0.29) is 24.3 Å². The Balaban J connectivity index is 2.01. The van der Waals surface area contributed by atoms with Gasteiger partial charge in [0.2, 0.25) is 0 Å². The maximum Gasteiger partial charge on any atom is 0.338 e. The van der Waals surface area contributed by atoms with E-state index in [1.165, 1.54) is 29.2 Å². The zero-order chi connectivity index (χ0) is 17.4. The molecule has 1 N–H and O–H groups in total. The molecule has 2 aromatic carbocycles. The average Bonchev–Trinajstić information content (AvgIpc) is 2.61. The number of rotatable bonds is 6. The van der Waals surface area contributed by atoms with E-state index in [1.807, 2.05) is 12.1 Å². The summed E-state index contributed by atoms with van der Waals surface area (Å²) in [5, 5.41) is 17.9. The number of carbonyl (C=O) groups is 2. The molecular formula is C18H16N2O4. The minimum Gasteiger partial charge on any atom is -0.508 e. The van der Waals surface area contributed by atoms with Crippen molar-refractivity contribution in [1.29, 1.82) is 5.26 Å². The van der Waals surface area contributed by atoms with Gasteiger partial charge in [-0.3, -0.25) is 4.79 Å². The van der Waals surface area contributed by atoms with Gasteiger partial charge in [0.1, 0.15) is 5.75 Å². The smallest absolute Gasteiger partial charge is 0.338 e. The molecular weight excluding hydrogens is 308 g/mol. The van der Waals surface area contributed by atoms with Gasteiger partial charge < -0.3 is 14.7 Å². The SMILES string of the molecule is N#CCCN(C(=O)COC(=O)c1ccc(O)cc1)c1ccccc1. The van der Waals surface area contributed by atoms with Crippen molar-refractivity contribution in [2.75, 3.05) is 18.1 Å². The van der Waals surface area contributed by atoms with Gasteiger partial charge in [-0.25, -0.2) is 4.79 Å². The number of ether oxygens (including phenoxy) is 1. The van der Waals surface area contributed by atoms with Crippen molar-refractivity contribution in [3.8, 4) is 11.8 Å². The van der Waals surface area contributed by atoms with Gasteiger partial charge in [-0.15, -0.1) is 0 Å². The van der Waals surface area contributed by atoms with Gasteiger partial charge in [0, 0.05) is 12.2 Å². The Morgan fingerprint density at radius 1 is 1.08 bits per heavy atom. The highest BCUT2D eigenvalue weighted by Crippen LogP contribution is 2.15. The lowest BCUT2D eigenvalue weighted by Gasteiger charge is -2.21. The van der Waals surface area contributed by atoms with Gasteiger partial charge in [-0.2, -0.15) is 5.26 Å². The van der Waals surface area contributed by atoms with E-state index in [2.05, 4.69) is 0 Å². The van der Waals surface area contributed by atoms with Crippen LogP contribution in [0.5, 0.6) is 5.75 Å². The van der Waals surface area contributed by atoms with Gasteiger partial charge in [-0.1, -0.05) is 18.2 Å². The molecule has 1 amide bonds. The summed E-state index contributed by atoms with van der Waals surface area (Å²) >= 11 is 0. The third-order valence-corrected chi connectivity index (χ3v) is 3.25. The second-order valence-corrected chi connectivity index (χ2v) is 4.91. The number of amides is 1. The number of benzene rings is 2. The van der Waals surface area contributed by atoms with E-state index < -0.39 is 18.5 Å². The number of esters is 1. The number of phenols is 1. The average molecular weight is 324 g/mol. The van der Waals surface area contributed by atoms with Crippen molar-refractivity contribution in [3.05, 3.63) is 60.2 Å². The van der Waals surface area contributed by atoms with Crippen LogP contribution in [-0.4, -0.2) is 30.1 Å². The zero-order valence-electron chi connectivity index (χ0n) is 12.9. The number of nitriles is 1. The molecule has 0 unspecified atom stereocenters. The predicted octanol–water partition coefficient (Wildman–Crippen LogP) is 2.50. The molecule has 2 aromatic rings. The molecule has 0 aliphatic carbocycles. The second-order valence-electron chi connectivity index (χ2n) is 4.91. The predicted molar refractivity (Wildman–Crippen MR) is 87.4 cm³/mol. The first kappa shape index (κ1) is 17.0. The Labute approximate surface area is 139 Å². The highest BCUT2D eigenvalue weighted by Gasteiger charge is 2.18. The van der Waals surface area contributed by atoms with Crippen LogP contribution in [0.2, 0.25) is 0 Å². The summed E-state index contributed by atoms with van der Waals surface area (Å²) in [6.45, 7) is -0.212. The van der Waals surface area contributed by atoms with Gasteiger partial charge in [0.15, 0.2) is 6.61 Å². The Morgan fingerprint density at radius 3 is 2.38 bits per heavy atom. The summed E-state index contributed by atoms with van der Waals surface area (Å²) in [6, 6.07) is 16.4. The minimum absolute atomic E-state index is 0.0365. The molecule has 0 aromatic heterocycles. The first-order valence-corrected chi connectivity index (χ1v) is 7.30. The zero-order valence-corrected chi connectivity index (χ0v) is 12.9. The largest absolute Gasteiger partial charge is 0.508 e. The Kier molecular flexibility index (Phi) is 5.92. The topological polar surface area (TPSA) is 90.6 Å². The van der Waals surface area contributed by atoms with E-state index in [0.717, 1.165) is 0 Å². The van der Waals surface area contributed by atoms with Crippen molar-refractivity contribution in [1.82, 2.24) is 0 Å². The maximum absolute atomic E-state index is 12.3. The molecule has 0 radical (unpaired) electrons. The van der Waals surface area contributed by atoms with Crippen LogP contribution in [0.25, 0.3) is 0 Å². The minimum atomic E-state index is -0.656. The number of aromatic hydroxyl groups is 1. The molecule has 122 valence electrons. The van der Waals surface area contributed by atoms with E-state index >= 15 is 0 Å². The summed E-state index contributed by atoms with van der Waals surface area (Å²) in [5.41, 5.74) is 0.877. The highest BCUT2D eigenvalue weighted by atomic mass is 16.5. The number of phenolic OH excluding ortho intramolecular Hbond substituents is 1. The summed E-state index contributed by atoms with van der Waals surface area (Å²) in [7, 11) is 0. The van der Waals surface area contributed by atoms with Crippen molar-refractivity contribution >= 4 is 17.6 Å². The summed E-state index contributed by atoms with van der Waals surface area (Å²) in [6.07, 6.45) is 0.173. The van der Waals surface area contributed by atoms with Crippen molar-refractivity contribution < 1.29 is 19.4 Å². The molecule has 0 atom stereocenters. The summed E-state index contributed by atoms with van der Waals surface area (Å²) in [5.74, 6) is -1.03. The fourth-order valence-electron chi connectivity index (χ4n) is 2.05. The third kappa shape index (κ3) is 4.58. The number of para-hydroxylation sites is 1. The monoisotopic (exact) mass is 324 g/mol. The molecule has 0 fully saturated rings. The lowest BCUT2D eigenvalue weighted by molar-refractivity contribution is -0.121. The molecule has 6 nitrogen and oxygen atoms in total. The number of carbonyl (C=O) groups excluding carboxylic acids is 2. The molecule has 0 saturated carbocycles.